The highest BCUT2D eigenvalue weighted by molar-refractivity contribution is 5.19. The van der Waals surface area contributed by atoms with Crippen LogP contribution in [0.15, 0.2) is 24.3 Å². The zero-order valence-electron chi connectivity index (χ0n) is 9.04. The van der Waals surface area contributed by atoms with Crippen LogP contribution in [0.1, 0.15) is 31.7 Å². The molecule has 0 aromatic heterocycles. The van der Waals surface area contributed by atoms with Crippen molar-refractivity contribution in [3.63, 3.8) is 0 Å². The second-order valence-corrected chi connectivity index (χ2v) is 4.84. The molecule has 15 heavy (non-hydrogen) atoms. The number of benzene rings is 1. The molecule has 2 heteroatoms. The molecule has 0 amide bonds. The molecule has 1 fully saturated rings. The first kappa shape index (κ1) is 10.6. The van der Waals surface area contributed by atoms with Gasteiger partial charge in [-0.3, -0.25) is 0 Å². The fourth-order valence-electron chi connectivity index (χ4n) is 2.52. The van der Waals surface area contributed by atoms with E-state index in [1.54, 1.807) is 12.1 Å². The van der Waals surface area contributed by atoms with Gasteiger partial charge in [0.15, 0.2) is 0 Å². The fraction of sp³-hybridized carbons (Fsp3) is 0.538. The van der Waals surface area contributed by atoms with Gasteiger partial charge in [0.05, 0.1) is 5.60 Å². The molecular formula is C13H17FO. The zero-order valence-corrected chi connectivity index (χ0v) is 9.04. The van der Waals surface area contributed by atoms with E-state index in [2.05, 4.69) is 6.92 Å². The van der Waals surface area contributed by atoms with Gasteiger partial charge >= 0.3 is 0 Å². The van der Waals surface area contributed by atoms with Gasteiger partial charge in [0, 0.05) is 6.42 Å². The summed E-state index contributed by atoms with van der Waals surface area (Å²) >= 11 is 0. The van der Waals surface area contributed by atoms with Crippen molar-refractivity contribution in [1.82, 2.24) is 0 Å². The van der Waals surface area contributed by atoms with Crippen molar-refractivity contribution in [3.05, 3.63) is 35.6 Å². The van der Waals surface area contributed by atoms with Crippen molar-refractivity contribution in [2.24, 2.45) is 5.92 Å². The molecule has 1 aromatic rings. The Balaban J connectivity index is 2.12. The van der Waals surface area contributed by atoms with Gasteiger partial charge in [0.25, 0.3) is 0 Å². The molecule has 1 aliphatic carbocycles. The third-order valence-electron chi connectivity index (χ3n) is 3.31. The van der Waals surface area contributed by atoms with Crippen LogP contribution in [-0.2, 0) is 6.42 Å². The first-order valence-electron chi connectivity index (χ1n) is 5.55. The summed E-state index contributed by atoms with van der Waals surface area (Å²) in [6, 6.07) is 6.72. The van der Waals surface area contributed by atoms with Crippen molar-refractivity contribution in [2.75, 3.05) is 0 Å². The van der Waals surface area contributed by atoms with E-state index in [1.807, 2.05) is 6.07 Å². The van der Waals surface area contributed by atoms with E-state index in [0.717, 1.165) is 19.3 Å². The average molecular weight is 208 g/mol. The Bertz CT molecular complexity index is 350. The van der Waals surface area contributed by atoms with Crippen molar-refractivity contribution in [1.29, 1.82) is 0 Å². The highest BCUT2D eigenvalue weighted by Crippen LogP contribution is 2.36. The van der Waals surface area contributed by atoms with E-state index in [-0.39, 0.29) is 5.82 Å². The summed E-state index contributed by atoms with van der Waals surface area (Å²) in [5.74, 6) is 0.354. The normalized spacial score (nSPS) is 30.7. The van der Waals surface area contributed by atoms with Crippen LogP contribution in [0.3, 0.4) is 0 Å². The van der Waals surface area contributed by atoms with E-state index in [9.17, 15) is 9.50 Å². The molecular weight excluding hydrogens is 191 g/mol. The van der Waals surface area contributed by atoms with Gasteiger partial charge in [0.1, 0.15) is 5.82 Å². The maximum atomic E-state index is 13.4. The van der Waals surface area contributed by atoms with Crippen molar-refractivity contribution < 1.29 is 9.50 Å². The third kappa shape index (κ3) is 2.37. The Morgan fingerprint density at radius 3 is 2.80 bits per heavy atom. The lowest BCUT2D eigenvalue weighted by Gasteiger charge is -2.22. The average Bonchev–Trinajstić information content (AvgIpc) is 2.51. The fourth-order valence-corrected chi connectivity index (χ4v) is 2.52. The molecule has 0 spiro atoms. The molecule has 0 heterocycles. The lowest BCUT2D eigenvalue weighted by atomic mass is 9.92. The summed E-state index contributed by atoms with van der Waals surface area (Å²) < 4.78 is 13.4. The molecule has 2 rings (SSSR count). The Labute approximate surface area is 89.9 Å². The van der Waals surface area contributed by atoms with Crippen LogP contribution < -0.4 is 0 Å². The van der Waals surface area contributed by atoms with Crippen LogP contribution in [0.2, 0.25) is 0 Å². The van der Waals surface area contributed by atoms with Crippen LogP contribution in [0.25, 0.3) is 0 Å². The molecule has 0 aliphatic heterocycles. The standard InChI is InChI=1S/C13H17FO/c1-10-6-7-13(15,8-10)9-11-4-2-3-5-12(11)14/h2-5,10,15H,6-9H2,1H3. The smallest absolute Gasteiger partial charge is 0.126 e. The van der Waals surface area contributed by atoms with Crippen molar-refractivity contribution in [3.8, 4) is 0 Å². The largest absolute Gasteiger partial charge is 0.390 e. The second-order valence-electron chi connectivity index (χ2n) is 4.84. The van der Waals surface area contributed by atoms with Crippen LogP contribution in [0.4, 0.5) is 4.39 Å². The van der Waals surface area contributed by atoms with Gasteiger partial charge in [-0.2, -0.15) is 0 Å². The molecule has 0 bridgehead atoms. The Morgan fingerprint density at radius 2 is 2.20 bits per heavy atom. The monoisotopic (exact) mass is 208 g/mol. The minimum absolute atomic E-state index is 0.203. The predicted octanol–water partition coefficient (Wildman–Crippen LogP) is 2.92. The summed E-state index contributed by atoms with van der Waals surface area (Å²) in [6.45, 7) is 2.14. The van der Waals surface area contributed by atoms with Crippen molar-refractivity contribution >= 4 is 0 Å². The maximum absolute atomic E-state index is 13.4. The van der Waals surface area contributed by atoms with Crippen LogP contribution in [0, 0.1) is 11.7 Å². The van der Waals surface area contributed by atoms with E-state index in [0.29, 0.717) is 17.9 Å². The Hall–Kier alpha value is -0.890. The molecule has 2 unspecified atom stereocenters. The molecule has 1 N–H and O–H groups in total. The van der Waals surface area contributed by atoms with Crippen LogP contribution >= 0.6 is 0 Å². The van der Waals surface area contributed by atoms with E-state index in [4.69, 9.17) is 0 Å². The molecule has 1 aromatic carbocycles. The number of hydrogen-bond donors (Lipinski definition) is 1. The topological polar surface area (TPSA) is 20.2 Å². The first-order chi connectivity index (χ1) is 7.09. The number of rotatable bonds is 2. The summed E-state index contributed by atoms with van der Waals surface area (Å²) in [7, 11) is 0. The summed E-state index contributed by atoms with van der Waals surface area (Å²) in [6.07, 6.45) is 3.08. The maximum Gasteiger partial charge on any atom is 0.126 e. The van der Waals surface area contributed by atoms with Crippen molar-refractivity contribution in [2.45, 2.75) is 38.2 Å². The lowest BCUT2D eigenvalue weighted by molar-refractivity contribution is 0.0438. The molecule has 2 atom stereocenters. The third-order valence-corrected chi connectivity index (χ3v) is 3.31. The minimum Gasteiger partial charge on any atom is -0.390 e. The Kier molecular flexibility index (Phi) is 2.79. The predicted molar refractivity (Wildman–Crippen MR) is 58.1 cm³/mol. The van der Waals surface area contributed by atoms with Gasteiger partial charge in [-0.1, -0.05) is 25.1 Å². The molecule has 0 saturated heterocycles. The Morgan fingerprint density at radius 1 is 1.47 bits per heavy atom. The second kappa shape index (κ2) is 3.93. The lowest BCUT2D eigenvalue weighted by Crippen LogP contribution is -2.28. The van der Waals surface area contributed by atoms with Gasteiger partial charge in [-0.25, -0.2) is 4.39 Å². The quantitative estimate of drug-likeness (QED) is 0.792. The molecule has 1 aliphatic rings. The summed E-state index contributed by atoms with van der Waals surface area (Å²) in [5.41, 5.74) is -0.0455. The van der Waals surface area contributed by atoms with E-state index in [1.165, 1.54) is 6.07 Å². The van der Waals surface area contributed by atoms with E-state index < -0.39 is 5.60 Å². The minimum atomic E-state index is -0.679. The summed E-state index contributed by atoms with van der Waals surface area (Å²) in [4.78, 5) is 0. The van der Waals surface area contributed by atoms with Gasteiger partial charge in [-0.15, -0.1) is 0 Å². The summed E-state index contributed by atoms with van der Waals surface area (Å²) in [5, 5.41) is 10.3. The number of aliphatic hydroxyl groups is 1. The first-order valence-corrected chi connectivity index (χ1v) is 5.55. The molecule has 1 saturated carbocycles. The number of hydrogen-bond acceptors (Lipinski definition) is 1. The van der Waals surface area contributed by atoms with Gasteiger partial charge in [0.2, 0.25) is 0 Å². The molecule has 1 nitrogen and oxygen atoms in total. The molecule has 82 valence electrons. The van der Waals surface area contributed by atoms with E-state index >= 15 is 0 Å². The van der Waals surface area contributed by atoms with Crippen LogP contribution in [-0.4, -0.2) is 10.7 Å². The number of halogens is 1. The highest BCUT2D eigenvalue weighted by atomic mass is 19.1. The van der Waals surface area contributed by atoms with Gasteiger partial charge in [-0.05, 0) is 36.8 Å². The SMILES string of the molecule is CC1CCC(O)(Cc2ccccc2F)C1. The van der Waals surface area contributed by atoms with Crippen LogP contribution in [0.5, 0.6) is 0 Å². The zero-order chi connectivity index (χ0) is 10.9. The highest BCUT2D eigenvalue weighted by Gasteiger charge is 2.35. The van der Waals surface area contributed by atoms with Gasteiger partial charge < -0.3 is 5.11 Å². The molecule has 0 radical (unpaired) electrons.